The summed E-state index contributed by atoms with van der Waals surface area (Å²) in [5.41, 5.74) is 1.00. The number of hydrogen-bond acceptors (Lipinski definition) is 5. The average molecular weight is 363 g/mol. The van der Waals surface area contributed by atoms with Gasteiger partial charge in [0.2, 0.25) is 0 Å². The molecule has 0 aliphatic carbocycles. The standard InChI is InChI=1S/C18H18FNO4S/c1-23-16-9-14(25-2)7-8-15(16)18(22)24-11-17(21)20-10-12-3-5-13(19)6-4-12/h3-9H,10-11H2,1-2H3,(H,20,21). The molecule has 0 fully saturated rings. The van der Waals surface area contributed by atoms with E-state index in [0.29, 0.717) is 5.75 Å². The number of amides is 1. The van der Waals surface area contributed by atoms with E-state index in [1.807, 2.05) is 6.26 Å². The third kappa shape index (κ3) is 5.49. The number of ether oxygens (including phenoxy) is 2. The van der Waals surface area contributed by atoms with Crippen LogP contribution in [-0.4, -0.2) is 31.8 Å². The molecule has 2 rings (SSSR count). The fraction of sp³-hybridized carbons (Fsp3) is 0.222. The first-order valence-electron chi connectivity index (χ1n) is 7.43. The lowest BCUT2D eigenvalue weighted by molar-refractivity contribution is -0.124. The number of benzene rings is 2. The van der Waals surface area contributed by atoms with Gasteiger partial charge in [-0.1, -0.05) is 12.1 Å². The molecular weight excluding hydrogens is 345 g/mol. The highest BCUT2D eigenvalue weighted by molar-refractivity contribution is 7.98. The van der Waals surface area contributed by atoms with Crippen LogP contribution in [0.3, 0.4) is 0 Å². The molecule has 1 N–H and O–H groups in total. The van der Waals surface area contributed by atoms with Crippen molar-refractivity contribution >= 4 is 23.6 Å². The van der Waals surface area contributed by atoms with Crippen molar-refractivity contribution in [1.29, 1.82) is 0 Å². The van der Waals surface area contributed by atoms with Gasteiger partial charge >= 0.3 is 5.97 Å². The van der Waals surface area contributed by atoms with Crippen LogP contribution < -0.4 is 10.1 Å². The van der Waals surface area contributed by atoms with Gasteiger partial charge in [-0.05, 0) is 42.2 Å². The highest BCUT2D eigenvalue weighted by atomic mass is 32.2. The Balaban J connectivity index is 1.86. The largest absolute Gasteiger partial charge is 0.496 e. The Labute approximate surface area is 149 Å². The maximum atomic E-state index is 12.8. The van der Waals surface area contributed by atoms with E-state index < -0.39 is 18.5 Å². The summed E-state index contributed by atoms with van der Waals surface area (Å²) < 4.78 is 23.0. The topological polar surface area (TPSA) is 64.6 Å². The third-order valence-corrected chi connectivity index (χ3v) is 4.09. The molecule has 0 atom stereocenters. The minimum absolute atomic E-state index is 0.225. The molecule has 0 bridgehead atoms. The van der Waals surface area contributed by atoms with Crippen molar-refractivity contribution in [3.05, 3.63) is 59.4 Å². The number of hydrogen-bond donors (Lipinski definition) is 1. The summed E-state index contributed by atoms with van der Waals surface area (Å²) in [5.74, 6) is -1.03. The van der Waals surface area contributed by atoms with Gasteiger partial charge in [0.1, 0.15) is 17.1 Å². The molecule has 0 aliphatic rings. The number of nitrogens with one attached hydrogen (secondary N) is 1. The van der Waals surface area contributed by atoms with E-state index in [2.05, 4.69) is 5.32 Å². The number of rotatable bonds is 7. The zero-order valence-electron chi connectivity index (χ0n) is 13.9. The van der Waals surface area contributed by atoms with Crippen molar-refractivity contribution in [2.45, 2.75) is 11.4 Å². The molecule has 2 aromatic rings. The summed E-state index contributed by atoms with van der Waals surface area (Å²) in [4.78, 5) is 24.8. The van der Waals surface area contributed by atoms with Crippen molar-refractivity contribution in [2.24, 2.45) is 0 Å². The molecule has 1 amide bonds. The molecule has 0 aromatic heterocycles. The van der Waals surface area contributed by atoms with Crippen LogP contribution >= 0.6 is 11.8 Å². The van der Waals surface area contributed by atoms with Crippen LogP contribution in [0, 0.1) is 5.82 Å². The second-order valence-electron chi connectivity index (χ2n) is 5.05. The van der Waals surface area contributed by atoms with Crippen LogP contribution in [0.1, 0.15) is 15.9 Å². The van der Waals surface area contributed by atoms with Crippen molar-refractivity contribution in [3.8, 4) is 5.75 Å². The number of carbonyl (C=O) groups excluding carboxylic acids is 2. The van der Waals surface area contributed by atoms with Gasteiger partial charge in [0.05, 0.1) is 7.11 Å². The van der Waals surface area contributed by atoms with Crippen LogP contribution in [0.5, 0.6) is 5.75 Å². The molecule has 5 nitrogen and oxygen atoms in total. The number of thioether (sulfide) groups is 1. The van der Waals surface area contributed by atoms with E-state index >= 15 is 0 Å². The molecule has 0 spiro atoms. The summed E-state index contributed by atoms with van der Waals surface area (Å²) in [7, 11) is 1.46. The fourth-order valence-electron chi connectivity index (χ4n) is 2.03. The van der Waals surface area contributed by atoms with Gasteiger partial charge in [0.15, 0.2) is 6.61 Å². The number of carbonyl (C=O) groups is 2. The Bertz CT molecular complexity index is 749. The van der Waals surface area contributed by atoms with Crippen LogP contribution in [0.2, 0.25) is 0 Å². The molecule has 0 radical (unpaired) electrons. The smallest absolute Gasteiger partial charge is 0.342 e. The van der Waals surface area contributed by atoms with E-state index in [-0.39, 0.29) is 17.9 Å². The average Bonchev–Trinajstić information content (AvgIpc) is 2.65. The van der Waals surface area contributed by atoms with Gasteiger partial charge in [-0.3, -0.25) is 4.79 Å². The van der Waals surface area contributed by atoms with Crippen LogP contribution in [0.4, 0.5) is 4.39 Å². The Hall–Kier alpha value is -2.54. The van der Waals surface area contributed by atoms with Gasteiger partial charge in [0, 0.05) is 11.4 Å². The van der Waals surface area contributed by atoms with Crippen molar-refractivity contribution < 1.29 is 23.5 Å². The predicted molar refractivity (Wildman–Crippen MR) is 93.3 cm³/mol. The van der Waals surface area contributed by atoms with Crippen molar-refractivity contribution in [1.82, 2.24) is 5.32 Å². The fourth-order valence-corrected chi connectivity index (χ4v) is 2.46. The van der Waals surface area contributed by atoms with E-state index in [1.165, 1.54) is 31.0 Å². The normalized spacial score (nSPS) is 10.2. The van der Waals surface area contributed by atoms with Gasteiger partial charge in [-0.2, -0.15) is 0 Å². The molecule has 0 saturated carbocycles. The Kier molecular flexibility index (Phi) is 6.82. The van der Waals surface area contributed by atoms with Crippen LogP contribution in [-0.2, 0) is 16.1 Å². The van der Waals surface area contributed by atoms with Crippen LogP contribution in [0.25, 0.3) is 0 Å². The maximum absolute atomic E-state index is 12.8. The van der Waals surface area contributed by atoms with E-state index in [0.717, 1.165) is 10.5 Å². The molecule has 0 aliphatic heterocycles. The van der Waals surface area contributed by atoms with Gasteiger partial charge in [-0.25, -0.2) is 9.18 Å². The Morgan fingerprint density at radius 2 is 1.88 bits per heavy atom. The molecule has 0 saturated heterocycles. The minimum Gasteiger partial charge on any atom is -0.496 e. The summed E-state index contributed by atoms with van der Waals surface area (Å²) in [6.07, 6.45) is 1.91. The summed E-state index contributed by atoms with van der Waals surface area (Å²) in [6, 6.07) is 10.9. The molecule has 7 heteroatoms. The number of esters is 1. The van der Waals surface area contributed by atoms with E-state index in [1.54, 1.807) is 30.3 Å². The zero-order chi connectivity index (χ0) is 18.2. The summed E-state index contributed by atoms with van der Waals surface area (Å²) in [5, 5.41) is 2.60. The Morgan fingerprint density at radius 3 is 2.52 bits per heavy atom. The third-order valence-electron chi connectivity index (χ3n) is 3.37. The first kappa shape index (κ1) is 18.8. The van der Waals surface area contributed by atoms with Crippen LogP contribution in [0.15, 0.2) is 47.4 Å². The quantitative estimate of drug-likeness (QED) is 0.605. The monoisotopic (exact) mass is 363 g/mol. The number of methoxy groups -OCH3 is 1. The van der Waals surface area contributed by atoms with Gasteiger partial charge < -0.3 is 14.8 Å². The molecule has 0 heterocycles. The lowest BCUT2D eigenvalue weighted by Crippen LogP contribution is -2.28. The van der Waals surface area contributed by atoms with E-state index in [9.17, 15) is 14.0 Å². The number of halogens is 1. The van der Waals surface area contributed by atoms with Gasteiger partial charge in [-0.15, -0.1) is 11.8 Å². The second-order valence-corrected chi connectivity index (χ2v) is 5.93. The summed E-state index contributed by atoms with van der Waals surface area (Å²) in [6.45, 7) is -0.185. The van der Waals surface area contributed by atoms with E-state index in [4.69, 9.17) is 9.47 Å². The van der Waals surface area contributed by atoms with Crippen molar-refractivity contribution in [2.75, 3.05) is 20.0 Å². The summed E-state index contributed by atoms with van der Waals surface area (Å²) >= 11 is 1.52. The maximum Gasteiger partial charge on any atom is 0.342 e. The molecule has 25 heavy (non-hydrogen) atoms. The molecular formula is C18H18FNO4S. The molecule has 2 aromatic carbocycles. The molecule has 132 valence electrons. The van der Waals surface area contributed by atoms with Crippen molar-refractivity contribution in [3.63, 3.8) is 0 Å². The Morgan fingerprint density at radius 1 is 1.16 bits per heavy atom. The SMILES string of the molecule is COc1cc(SC)ccc1C(=O)OCC(=O)NCc1ccc(F)cc1. The first-order valence-corrected chi connectivity index (χ1v) is 8.66. The lowest BCUT2D eigenvalue weighted by Gasteiger charge is -2.10. The lowest BCUT2D eigenvalue weighted by atomic mass is 10.2. The zero-order valence-corrected chi connectivity index (χ0v) is 14.7. The first-order chi connectivity index (χ1) is 12.0. The molecule has 0 unspecified atom stereocenters. The highest BCUT2D eigenvalue weighted by Gasteiger charge is 2.15. The van der Waals surface area contributed by atoms with Gasteiger partial charge in [0.25, 0.3) is 5.91 Å². The highest BCUT2D eigenvalue weighted by Crippen LogP contribution is 2.25. The minimum atomic E-state index is -0.638. The predicted octanol–water partition coefficient (Wildman–Crippen LogP) is 3.03. The second kappa shape index (κ2) is 9.08.